The smallest absolute Gasteiger partial charge is 0.408 e. The third-order valence-electron chi connectivity index (χ3n) is 2.62. The van der Waals surface area contributed by atoms with Crippen LogP contribution < -0.4 is 5.32 Å². The SMILES string of the molecule is Cc1cc(F)ccc1[C@@H]1NC(=O)OCC1(F)F. The fourth-order valence-electron chi connectivity index (χ4n) is 1.78. The summed E-state index contributed by atoms with van der Waals surface area (Å²) in [7, 11) is 0. The highest BCUT2D eigenvalue weighted by Gasteiger charge is 2.47. The number of alkyl halides is 2. The van der Waals surface area contributed by atoms with Crippen molar-refractivity contribution in [3.8, 4) is 0 Å². The lowest BCUT2D eigenvalue weighted by atomic mass is 9.96. The molecule has 1 atom stereocenters. The van der Waals surface area contributed by atoms with E-state index >= 15 is 0 Å². The third-order valence-corrected chi connectivity index (χ3v) is 2.62. The van der Waals surface area contributed by atoms with E-state index in [1.54, 1.807) is 0 Å². The molecule has 1 aliphatic rings. The van der Waals surface area contributed by atoms with E-state index in [0.29, 0.717) is 5.56 Å². The van der Waals surface area contributed by atoms with Crippen LogP contribution >= 0.6 is 0 Å². The van der Waals surface area contributed by atoms with Gasteiger partial charge in [-0.25, -0.2) is 18.0 Å². The minimum absolute atomic E-state index is 0.188. The summed E-state index contributed by atoms with van der Waals surface area (Å²) in [5.74, 6) is -3.72. The summed E-state index contributed by atoms with van der Waals surface area (Å²) in [6.45, 7) is 0.538. The van der Waals surface area contributed by atoms with Crippen LogP contribution in [-0.4, -0.2) is 18.6 Å². The summed E-state index contributed by atoms with van der Waals surface area (Å²) in [5, 5.41) is 2.05. The van der Waals surface area contributed by atoms with Gasteiger partial charge in [0, 0.05) is 0 Å². The van der Waals surface area contributed by atoms with Crippen LogP contribution in [0.15, 0.2) is 18.2 Å². The van der Waals surface area contributed by atoms with Crippen molar-refractivity contribution in [1.29, 1.82) is 0 Å². The van der Waals surface area contributed by atoms with Crippen LogP contribution in [-0.2, 0) is 4.74 Å². The van der Waals surface area contributed by atoms with E-state index < -0.39 is 30.5 Å². The second kappa shape index (κ2) is 3.94. The number of alkyl carbamates (subject to hydrolysis) is 1. The lowest BCUT2D eigenvalue weighted by Gasteiger charge is -2.32. The Labute approximate surface area is 95.6 Å². The summed E-state index contributed by atoms with van der Waals surface area (Å²) in [6.07, 6.45) is -0.898. The van der Waals surface area contributed by atoms with E-state index in [2.05, 4.69) is 4.74 Å². The number of ether oxygens (including phenoxy) is 1. The van der Waals surface area contributed by atoms with Crippen LogP contribution in [0, 0.1) is 12.7 Å². The van der Waals surface area contributed by atoms with Gasteiger partial charge in [0.25, 0.3) is 0 Å². The molecule has 1 N–H and O–H groups in total. The molecule has 1 aliphatic heterocycles. The summed E-state index contributed by atoms with van der Waals surface area (Å²) >= 11 is 0. The molecule has 17 heavy (non-hydrogen) atoms. The number of hydrogen-bond acceptors (Lipinski definition) is 2. The average molecular weight is 245 g/mol. The van der Waals surface area contributed by atoms with Gasteiger partial charge in [-0.15, -0.1) is 0 Å². The van der Waals surface area contributed by atoms with Gasteiger partial charge in [-0.05, 0) is 30.2 Å². The molecule has 0 aromatic heterocycles. The number of hydrogen-bond donors (Lipinski definition) is 1. The summed E-state index contributed by atoms with van der Waals surface area (Å²) in [6, 6.07) is 1.99. The summed E-state index contributed by atoms with van der Waals surface area (Å²) in [5.41, 5.74) is 0.546. The molecular formula is C11H10F3NO2. The van der Waals surface area contributed by atoms with E-state index in [-0.39, 0.29) is 5.56 Å². The fraction of sp³-hybridized carbons (Fsp3) is 0.364. The lowest BCUT2D eigenvalue weighted by molar-refractivity contribution is -0.104. The number of nitrogens with one attached hydrogen (secondary N) is 1. The van der Waals surface area contributed by atoms with E-state index in [1.165, 1.54) is 13.0 Å². The number of amides is 1. The van der Waals surface area contributed by atoms with Gasteiger partial charge in [-0.3, -0.25) is 0 Å². The van der Waals surface area contributed by atoms with Crippen molar-refractivity contribution in [2.24, 2.45) is 0 Å². The molecule has 0 aliphatic carbocycles. The van der Waals surface area contributed by atoms with Crippen LogP contribution in [0.25, 0.3) is 0 Å². The maximum atomic E-state index is 13.6. The molecule has 0 bridgehead atoms. The van der Waals surface area contributed by atoms with Gasteiger partial charge >= 0.3 is 12.0 Å². The molecule has 1 amide bonds. The Morgan fingerprint density at radius 1 is 1.47 bits per heavy atom. The molecule has 1 fully saturated rings. The summed E-state index contributed by atoms with van der Waals surface area (Å²) < 4.78 is 44.3. The molecule has 0 unspecified atom stereocenters. The highest BCUT2D eigenvalue weighted by molar-refractivity contribution is 5.69. The van der Waals surface area contributed by atoms with Crippen LogP contribution in [0.2, 0.25) is 0 Å². The quantitative estimate of drug-likeness (QED) is 0.825. The minimum Gasteiger partial charge on any atom is -0.443 e. The van der Waals surface area contributed by atoms with Crippen LogP contribution in [0.3, 0.4) is 0 Å². The van der Waals surface area contributed by atoms with Gasteiger partial charge in [-0.2, -0.15) is 0 Å². The van der Waals surface area contributed by atoms with E-state index in [4.69, 9.17) is 0 Å². The van der Waals surface area contributed by atoms with Crippen molar-refractivity contribution in [3.05, 3.63) is 35.1 Å². The van der Waals surface area contributed by atoms with Crippen molar-refractivity contribution in [2.45, 2.75) is 18.9 Å². The van der Waals surface area contributed by atoms with Crippen molar-refractivity contribution >= 4 is 6.09 Å². The standard InChI is InChI=1S/C11H10F3NO2/c1-6-4-7(12)2-3-8(6)9-11(13,14)5-17-10(16)15-9/h2-4,9H,5H2,1H3,(H,15,16)/t9-/m0/s1. The van der Waals surface area contributed by atoms with Crippen molar-refractivity contribution in [1.82, 2.24) is 5.32 Å². The Morgan fingerprint density at radius 2 is 2.18 bits per heavy atom. The Hall–Kier alpha value is -1.72. The Bertz CT molecular complexity index is 462. The van der Waals surface area contributed by atoms with Gasteiger partial charge in [-0.1, -0.05) is 6.07 Å². The van der Waals surface area contributed by atoms with Crippen LogP contribution in [0.1, 0.15) is 17.2 Å². The van der Waals surface area contributed by atoms with Gasteiger partial charge in [0.2, 0.25) is 0 Å². The summed E-state index contributed by atoms with van der Waals surface area (Å²) in [4.78, 5) is 11.0. The molecule has 0 radical (unpaired) electrons. The number of rotatable bonds is 1. The van der Waals surface area contributed by atoms with Crippen molar-refractivity contribution < 1.29 is 22.7 Å². The van der Waals surface area contributed by atoms with Gasteiger partial charge in [0.1, 0.15) is 11.9 Å². The van der Waals surface area contributed by atoms with Gasteiger partial charge in [0.15, 0.2) is 6.61 Å². The first-order chi connectivity index (χ1) is 7.90. The predicted octanol–water partition coefficient (Wildman–Crippen LogP) is 2.55. The number of carbonyl (C=O) groups is 1. The molecule has 92 valence electrons. The Morgan fingerprint density at radius 3 is 2.82 bits per heavy atom. The first-order valence-corrected chi connectivity index (χ1v) is 4.97. The van der Waals surface area contributed by atoms with E-state index in [9.17, 15) is 18.0 Å². The number of benzene rings is 1. The second-order valence-electron chi connectivity index (χ2n) is 3.92. The highest BCUT2D eigenvalue weighted by Crippen LogP contribution is 2.35. The monoisotopic (exact) mass is 245 g/mol. The number of halogens is 3. The topological polar surface area (TPSA) is 38.3 Å². The Balaban J connectivity index is 2.39. The molecular weight excluding hydrogens is 235 g/mol. The fourth-order valence-corrected chi connectivity index (χ4v) is 1.78. The molecule has 0 spiro atoms. The first-order valence-electron chi connectivity index (χ1n) is 4.97. The predicted molar refractivity (Wildman–Crippen MR) is 53.3 cm³/mol. The molecule has 1 aromatic rings. The largest absolute Gasteiger partial charge is 0.443 e. The molecule has 6 heteroatoms. The maximum absolute atomic E-state index is 13.6. The van der Waals surface area contributed by atoms with Crippen LogP contribution in [0.4, 0.5) is 18.0 Å². The Kier molecular flexibility index (Phi) is 2.73. The van der Waals surface area contributed by atoms with Gasteiger partial charge in [0.05, 0.1) is 0 Å². The third kappa shape index (κ3) is 2.20. The number of cyclic esters (lactones) is 1. The van der Waals surface area contributed by atoms with Crippen LogP contribution in [0.5, 0.6) is 0 Å². The van der Waals surface area contributed by atoms with Crippen molar-refractivity contribution in [2.75, 3.05) is 6.61 Å². The van der Waals surface area contributed by atoms with Crippen molar-refractivity contribution in [3.63, 3.8) is 0 Å². The molecule has 0 saturated carbocycles. The zero-order valence-electron chi connectivity index (χ0n) is 8.97. The molecule has 1 aromatic carbocycles. The van der Waals surface area contributed by atoms with E-state index in [0.717, 1.165) is 12.1 Å². The minimum atomic E-state index is -3.21. The first kappa shape index (κ1) is 11.8. The normalized spacial score (nSPS) is 22.8. The average Bonchev–Trinajstić information content (AvgIpc) is 2.23. The molecule has 3 nitrogen and oxygen atoms in total. The molecule has 2 rings (SSSR count). The molecule has 1 saturated heterocycles. The number of aryl methyl sites for hydroxylation is 1. The van der Waals surface area contributed by atoms with E-state index in [1.807, 2.05) is 5.32 Å². The second-order valence-corrected chi connectivity index (χ2v) is 3.92. The highest BCUT2D eigenvalue weighted by atomic mass is 19.3. The zero-order valence-corrected chi connectivity index (χ0v) is 8.97. The molecule has 1 heterocycles. The lowest BCUT2D eigenvalue weighted by Crippen LogP contribution is -2.49. The number of carbonyl (C=O) groups excluding carboxylic acids is 1. The maximum Gasteiger partial charge on any atom is 0.408 e. The zero-order chi connectivity index (χ0) is 12.6. The van der Waals surface area contributed by atoms with Gasteiger partial charge < -0.3 is 10.1 Å².